The van der Waals surface area contributed by atoms with Crippen LogP contribution >= 0.6 is 11.6 Å². The minimum atomic E-state index is 0.532. The van der Waals surface area contributed by atoms with E-state index in [9.17, 15) is 0 Å². The first-order valence-corrected chi connectivity index (χ1v) is 8.88. The summed E-state index contributed by atoms with van der Waals surface area (Å²) in [6.45, 7) is 0.532. The van der Waals surface area contributed by atoms with E-state index in [1.165, 1.54) is 0 Å². The molecule has 0 amide bonds. The quantitative estimate of drug-likeness (QED) is 0.449. The molecule has 2 aromatic carbocycles. The Balaban J connectivity index is 1.66. The molecule has 0 unspecified atom stereocenters. The number of anilines is 3. The molecule has 4 aromatic rings. The molecule has 0 radical (unpaired) electrons. The maximum Gasteiger partial charge on any atom is 0.163 e. The predicted octanol–water partition coefficient (Wildman–Crippen LogP) is 5.75. The molecule has 27 heavy (non-hydrogen) atoms. The first-order valence-electron chi connectivity index (χ1n) is 8.50. The van der Waals surface area contributed by atoms with Gasteiger partial charge >= 0.3 is 0 Å². The van der Waals surface area contributed by atoms with Crippen molar-refractivity contribution in [3.8, 4) is 11.4 Å². The van der Waals surface area contributed by atoms with E-state index in [0.717, 1.165) is 17.0 Å². The normalized spacial score (nSPS) is 10.6. The van der Waals surface area contributed by atoms with Crippen molar-refractivity contribution in [3.63, 3.8) is 0 Å². The Morgan fingerprint density at radius 1 is 0.852 bits per heavy atom. The number of nitrogens with one attached hydrogen (secondary N) is 2. The van der Waals surface area contributed by atoms with Gasteiger partial charge in [0.25, 0.3) is 0 Å². The van der Waals surface area contributed by atoms with E-state index >= 15 is 0 Å². The fourth-order valence-electron chi connectivity index (χ4n) is 2.61. The zero-order valence-corrected chi connectivity index (χ0v) is 15.1. The van der Waals surface area contributed by atoms with Crippen LogP contribution in [-0.4, -0.2) is 9.97 Å². The lowest BCUT2D eigenvalue weighted by molar-refractivity contribution is 0.518. The van der Waals surface area contributed by atoms with Crippen molar-refractivity contribution in [1.82, 2.24) is 9.97 Å². The molecule has 0 bridgehead atoms. The number of halogens is 1. The third-order valence-corrected chi connectivity index (χ3v) is 4.25. The zero-order valence-electron chi connectivity index (χ0n) is 14.4. The molecule has 0 fully saturated rings. The predicted molar refractivity (Wildman–Crippen MR) is 108 cm³/mol. The second-order valence-electron chi connectivity index (χ2n) is 5.87. The lowest BCUT2D eigenvalue weighted by Gasteiger charge is -2.12. The molecule has 6 heteroatoms. The molecule has 0 saturated carbocycles. The van der Waals surface area contributed by atoms with Gasteiger partial charge in [-0.2, -0.15) is 0 Å². The summed E-state index contributed by atoms with van der Waals surface area (Å²) in [5.74, 6) is 2.79. The Morgan fingerprint density at radius 3 is 2.41 bits per heavy atom. The molecule has 0 aliphatic carbocycles. The van der Waals surface area contributed by atoms with Crippen molar-refractivity contribution >= 4 is 28.9 Å². The Bertz CT molecular complexity index is 1020. The Kier molecular flexibility index (Phi) is 5.03. The van der Waals surface area contributed by atoms with E-state index in [2.05, 4.69) is 20.6 Å². The SMILES string of the molecule is Clc1ccccc1Nc1cc(NCc2ccco2)nc(-c2ccccc2)n1. The smallest absolute Gasteiger partial charge is 0.163 e. The van der Waals surface area contributed by atoms with Crippen LogP contribution in [0.4, 0.5) is 17.3 Å². The van der Waals surface area contributed by atoms with Gasteiger partial charge < -0.3 is 15.1 Å². The molecule has 5 nitrogen and oxygen atoms in total. The minimum Gasteiger partial charge on any atom is -0.467 e. The Labute approximate surface area is 162 Å². The minimum absolute atomic E-state index is 0.532. The fraction of sp³-hybridized carbons (Fsp3) is 0.0476. The van der Waals surface area contributed by atoms with Crippen molar-refractivity contribution in [2.45, 2.75) is 6.54 Å². The fourth-order valence-corrected chi connectivity index (χ4v) is 2.79. The maximum absolute atomic E-state index is 6.27. The summed E-state index contributed by atoms with van der Waals surface area (Å²) in [6, 6.07) is 23.0. The summed E-state index contributed by atoms with van der Waals surface area (Å²) >= 11 is 6.27. The number of benzene rings is 2. The standard InChI is InChI=1S/C21H17ClN4O/c22-17-10-4-5-11-18(17)24-20-13-19(23-14-16-9-6-12-27-16)25-21(26-20)15-7-2-1-3-8-15/h1-13H,14H2,(H2,23,24,25,26). The molecule has 2 aromatic heterocycles. The van der Waals surface area contributed by atoms with Crippen molar-refractivity contribution in [3.05, 3.63) is 89.8 Å². The third kappa shape index (κ3) is 4.27. The van der Waals surface area contributed by atoms with E-state index < -0.39 is 0 Å². The number of nitrogens with zero attached hydrogens (tertiary/aromatic N) is 2. The van der Waals surface area contributed by atoms with Crippen LogP contribution in [0.2, 0.25) is 5.02 Å². The second-order valence-corrected chi connectivity index (χ2v) is 6.27. The summed E-state index contributed by atoms with van der Waals surface area (Å²) in [4.78, 5) is 9.27. The monoisotopic (exact) mass is 376 g/mol. The van der Waals surface area contributed by atoms with Crippen molar-refractivity contribution < 1.29 is 4.42 Å². The summed E-state index contributed by atoms with van der Waals surface area (Å²) in [5, 5.41) is 7.18. The molecular formula is C21H17ClN4O. The van der Waals surface area contributed by atoms with E-state index in [0.29, 0.717) is 29.0 Å². The van der Waals surface area contributed by atoms with Gasteiger partial charge in [0.15, 0.2) is 5.82 Å². The van der Waals surface area contributed by atoms with Gasteiger partial charge in [-0.05, 0) is 24.3 Å². The van der Waals surface area contributed by atoms with Crippen molar-refractivity contribution in [2.75, 3.05) is 10.6 Å². The summed E-state index contributed by atoms with van der Waals surface area (Å²) in [6.07, 6.45) is 1.65. The molecule has 0 atom stereocenters. The lowest BCUT2D eigenvalue weighted by Crippen LogP contribution is -2.05. The molecule has 134 valence electrons. The maximum atomic E-state index is 6.27. The van der Waals surface area contributed by atoms with Crippen LogP contribution in [0.1, 0.15) is 5.76 Å². The van der Waals surface area contributed by atoms with Crippen molar-refractivity contribution in [2.24, 2.45) is 0 Å². The molecular weight excluding hydrogens is 360 g/mol. The average molecular weight is 377 g/mol. The topological polar surface area (TPSA) is 63.0 Å². The Hall–Kier alpha value is -3.31. The number of rotatable bonds is 6. The van der Waals surface area contributed by atoms with Crippen LogP contribution in [0.25, 0.3) is 11.4 Å². The Morgan fingerprint density at radius 2 is 1.63 bits per heavy atom. The molecule has 0 aliphatic rings. The van der Waals surface area contributed by atoms with Gasteiger partial charge in [0.05, 0.1) is 23.5 Å². The molecule has 0 saturated heterocycles. The largest absolute Gasteiger partial charge is 0.467 e. The first kappa shape index (κ1) is 17.1. The first-order chi connectivity index (χ1) is 13.3. The summed E-state index contributed by atoms with van der Waals surface area (Å²) in [7, 11) is 0. The van der Waals surface area contributed by atoms with Gasteiger partial charge in [0.2, 0.25) is 0 Å². The third-order valence-electron chi connectivity index (χ3n) is 3.92. The van der Waals surface area contributed by atoms with Crippen LogP contribution in [0.5, 0.6) is 0 Å². The van der Waals surface area contributed by atoms with E-state index in [1.54, 1.807) is 6.26 Å². The molecule has 0 spiro atoms. The number of para-hydroxylation sites is 1. The van der Waals surface area contributed by atoms with E-state index in [4.69, 9.17) is 16.0 Å². The van der Waals surface area contributed by atoms with Crippen LogP contribution in [0.3, 0.4) is 0 Å². The molecule has 2 N–H and O–H groups in total. The van der Waals surface area contributed by atoms with Gasteiger partial charge in [-0.1, -0.05) is 54.1 Å². The number of aromatic nitrogens is 2. The number of hydrogen-bond donors (Lipinski definition) is 2. The molecule has 0 aliphatic heterocycles. The molecule has 2 heterocycles. The van der Waals surface area contributed by atoms with Gasteiger partial charge in [0, 0.05) is 11.6 Å². The van der Waals surface area contributed by atoms with E-state index in [-0.39, 0.29) is 0 Å². The summed E-state index contributed by atoms with van der Waals surface area (Å²) < 4.78 is 5.37. The van der Waals surface area contributed by atoms with Crippen LogP contribution in [0, 0.1) is 0 Å². The van der Waals surface area contributed by atoms with Gasteiger partial charge in [-0.25, -0.2) is 9.97 Å². The second kappa shape index (κ2) is 7.93. The van der Waals surface area contributed by atoms with E-state index in [1.807, 2.05) is 72.8 Å². The van der Waals surface area contributed by atoms with Gasteiger partial charge in [0.1, 0.15) is 17.4 Å². The highest BCUT2D eigenvalue weighted by Gasteiger charge is 2.09. The van der Waals surface area contributed by atoms with Crippen LogP contribution in [-0.2, 0) is 6.54 Å². The highest BCUT2D eigenvalue weighted by molar-refractivity contribution is 6.33. The molecule has 4 rings (SSSR count). The van der Waals surface area contributed by atoms with Crippen LogP contribution < -0.4 is 10.6 Å². The van der Waals surface area contributed by atoms with Crippen molar-refractivity contribution in [1.29, 1.82) is 0 Å². The highest BCUT2D eigenvalue weighted by atomic mass is 35.5. The van der Waals surface area contributed by atoms with Gasteiger partial charge in [-0.15, -0.1) is 0 Å². The summed E-state index contributed by atoms with van der Waals surface area (Å²) in [5.41, 5.74) is 1.72. The highest BCUT2D eigenvalue weighted by Crippen LogP contribution is 2.27. The number of furan rings is 1. The van der Waals surface area contributed by atoms with Crippen LogP contribution in [0.15, 0.2) is 83.5 Å². The van der Waals surface area contributed by atoms with Gasteiger partial charge in [-0.3, -0.25) is 0 Å². The zero-order chi connectivity index (χ0) is 18.5. The average Bonchev–Trinajstić information content (AvgIpc) is 3.22. The number of hydrogen-bond acceptors (Lipinski definition) is 5. The lowest BCUT2D eigenvalue weighted by atomic mass is 10.2.